The minimum atomic E-state index is -4.20. The van der Waals surface area contributed by atoms with E-state index in [9.17, 15) is 23.3 Å². The van der Waals surface area contributed by atoms with Gasteiger partial charge in [-0.15, -0.1) is 12.4 Å². The maximum absolute atomic E-state index is 12.9. The fourth-order valence-electron chi connectivity index (χ4n) is 2.74. The number of rotatable bonds is 6. The molecule has 1 aliphatic heterocycles. The van der Waals surface area contributed by atoms with Crippen molar-refractivity contribution in [1.29, 1.82) is 0 Å². The Labute approximate surface area is 162 Å². The van der Waals surface area contributed by atoms with E-state index in [0.717, 1.165) is 10.4 Å². The van der Waals surface area contributed by atoms with Crippen molar-refractivity contribution in [1.82, 2.24) is 9.62 Å². The van der Waals surface area contributed by atoms with Gasteiger partial charge in [-0.2, -0.15) is 4.31 Å². The summed E-state index contributed by atoms with van der Waals surface area (Å²) in [5.41, 5.74) is 4.76. The number of nitro benzene ring substituents is 1. The van der Waals surface area contributed by atoms with Gasteiger partial charge >= 0.3 is 0 Å². The first-order chi connectivity index (χ1) is 11.8. The lowest BCUT2D eigenvalue weighted by atomic mass is 9.99. The molecular formula is C14H20Cl2N4O5S. The Hall–Kier alpha value is -1.46. The van der Waals surface area contributed by atoms with Crippen LogP contribution in [0.4, 0.5) is 5.69 Å². The third-order valence-corrected chi connectivity index (χ3v) is 6.32. The molecule has 0 aromatic heterocycles. The van der Waals surface area contributed by atoms with Crippen LogP contribution in [0.2, 0.25) is 5.02 Å². The molecule has 0 radical (unpaired) electrons. The number of nitro groups is 1. The molecule has 3 N–H and O–H groups in total. The first-order valence-corrected chi connectivity index (χ1v) is 9.51. The number of halogens is 2. The maximum atomic E-state index is 12.9. The second kappa shape index (κ2) is 9.47. The van der Waals surface area contributed by atoms with Crippen LogP contribution in [0, 0.1) is 16.0 Å². The third kappa shape index (κ3) is 4.83. The molecule has 1 aromatic rings. The van der Waals surface area contributed by atoms with Gasteiger partial charge in [0, 0.05) is 32.2 Å². The van der Waals surface area contributed by atoms with Crippen molar-refractivity contribution in [3.05, 3.63) is 33.3 Å². The third-order valence-electron chi connectivity index (χ3n) is 3.94. The number of benzene rings is 1. The summed E-state index contributed by atoms with van der Waals surface area (Å²) >= 11 is 5.94. The van der Waals surface area contributed by atoms with Crippen LogP contribution in [0.3, 0.4) is 0 Å². The second-order valence-corrected chi connectivity index (χ2v) is 7.91. The SMILES string of the molecule is Cl.NCCNC(=O)C1CCCN(S(=O)(=O)c2c(Cl)cccc2[N+](=O)[O-])C1. The van der Waals surface area contributed by atoms with Crippen LogP contribution in [-0.2, 0) is 14.8 Å². The van der Waals surface area contributed by atoms with Crippen molar-refractivity contribution >= 4 is 45.6 Å². The first-order valence-electron chi connectivity index (χ1n) is 7.70. The molecule has 146 valence electrons. The highest BCUT2D eigenvalue weighted by Crippen LogP contribution is 2.34. The molecule has 1 amide bonds. The predicted octanol–water partition coefficient (Wildman–Crippen LogP) is 1.15. The molecule has 0 aliphatic carbocycles. The van der Waals surface area contributed by atoms with E-state index >= 15 is 0 Å². The molecule has 0 spiro atoms. The molecule has 2 rings (SSSR count). The number of nitrogens with zero attached hydrogens (tertiary/aromatic N) is 2. The van der Waals surface area contributed by atoms with Crippen molar-refractivity contribution in [2.24, 2.45) is 11.7 Å². The summed E-state index contributed by atoms with van der Waals surface area (Å²) in [6, 6.07) is 3.70. The smallest absolute Gasteiger partial charge is 0.290 e. The van der Waals surface area contributed by atoms with Crippen LogP contribution in [0.1, 0.15) is 12.8 Å². The highest BCUT2D eigenvalue weighted by Gasteiger charge is 2.38. The maximum Gasteiger partial charge on any atom is 0.290 e. The van der Waals surface area contributed by atoms with Crippen molar-refractivity contribution < 1.29 is 18.1 Å². The predicted molar refractivity (Wildman–Crippen MR) is 98.9 cm³/mol. The van der Waals surface area contributed by atoms with Gasteiger partial charge in [0.25, 0.3) is 15.7 Å². The van der Waals surface area contributed by atoms with Gasteiger partial charge in [0.05, 0.1) is 15.9 Å². The lowest BCUT2D eigenvalue weighted by Gasteiger charge is -2.31. The summed E-state index contributed by atoms with van der Waals surface area (Å²) in [7, 11) is -4.20. The monoisotopic (exact) mass is 426 g/mol. The van der Waals surface area contributed by atoms with Gasteiger partial charge in [-0.25, -0.2) is 8.42 Å². The summed E-state index contributed by atoms with van der Waals surface area (Å²) in [6.45, 7) is 0.705. The van der Waals surface area contributed by atoms with E-state index < -0.39 is 31.4 Å². The minimum Gasteiger partial charge on any atom is -0.355 e. The molecule has 26 heavy (non-hydrogen) atoms. The van der Waals surface area contributed by atoms with Crippen LogP contribution in [0.5, 0.6) is 0 Å². The van der Waals surface area contributed by atoms with E-state index in [1.807, 2.05) is 0 Å². The van der Waals surface area contributed by atoms with E-state index in [4.69, 9.17) is 17.3 Å². The van der Waals surface area contributed by atoms with E-state index in [1.54, 1.807) is 0 Å². The molecular weight excluding hydrogens is 407 g/mol. The van der Waals surface area contributed by atoms with Gasteiger partial charge in [0.2, 0.25) is 5.91 Å². The zero-order chi connectivity index (χ0) is 18.6. The lowest BCUT2D eigenvalue weighted by molar-refractivity contribution is -0.387. The van der Waals surface area contributed by atoms with Crippen molar-refractivity contribution in [2.45, 2.75) is 17.7 Å². The van der Waals surface area contributed by atoms with Crippen LogP contribution in [0.15, 0.2) is 23.1 Å². The number of hydrogen-bond acceptors (Lipinski definition) is 6. The molecule has 0 saturated carbocycles. The number of nitrogens with one attached hydrogen (secondary N) is 1. The van der Waals surface area contributed by atoms with Crippen molar-refractivity contribution in [3.8, 4) is 0 Å². The molecule has 1 aliphatic rings. The molecule has 1 atom stereocenters. The quantitative estimate of drug-likeness (QED) is 0.516. The van der Waals surface area contributed by atoms with Gasteiger partial charge in [-0.3, -0.25) is 14.9 Å². The average Bonchev–Trinajstić information content (AvgIpc) is 2.59. The van der Waals surface area contributed by atoms with Crippen LogP contribution < -0.4 is 11.1 Å². The standard InChI is InChI=1S/C14H19ClN4O5S.ClH/c15-11-4-1-5-12(19(21)22)13(11)25(23,24)18-8-2-3-10(9-18)14(20)17-7-6-16;/h1,4-5,10H,2-3,6-9,16H2,(H,17,20);1H. The molecule has 1 fully saturated rings. The Balaban J connectivity index is 0.00000338. The summed E-state index contributed by atoms with van der Waals surface area (Å²) in [6.07, 6.45) is 1.01. The highest BCUT2D eigenvalue weighted by atomic mass is 35.5. The fraction of sp³-hybridized carbons (Fsp3) is 0.500. The minimum absolute atomic E-state index is 0. The number of hydrogen-bond donors (Lipinski definition) is 2. The number of amides is 1. The Morgan fingerprint density at radius 1 is 1.46 bits per heavy atom. The number of nitrogens with two attached hydrogens (primary N) is 1. The molecule has 9 nitrogen and oxygen atoms in total. The van der Waals surface area contributed by atoms with Gasteiger partial charge < -0.3 is 11.1 Å². The molecule has 0 bridgehead atoms. The first kappa shape index (κ1) is 22.6. The Morgan fingerprint density at radius 2 is 2.15 bits per heavy atom. The Bertz CT molecular complexity index is 775. The summed E-state index contributed by atoms with van der Waals surface area (Å²) in [5, 5.41) is 13.6. The van der Waals surface area contributed by atoms with Crippen LogP contribution in [0.25, 0.3) is 0 Å². The highest BCUT2D eigenvalue weighted by molar-refractivity contribution is 7.89. The normalized spacial score (nSPS) is 18.0. The van der Waals surface area contributed by atoms with E-state index in [-0.39, 0.29) is 43.0 Å². The summed E-state index contributed by atoms with van der Waals surface area (Å²) in [5.74, 6) is -0.810. The number of sulfonamides is 1. The van der Waals surface area contributed by atoms with Gasteiger partial charge in [0.1, 0.15) is 0 Å². The van der Waals surface area contributed by atoms with E-state index in [2.05, 4.69) is 5.32 Å². The van der Waals surface area contributed by atoms with E-state index in [1.165, 1.54) is 12.1 Å². The number of carbonyl (C=O) groups excluding carboxylic acids is 1. The van der Waals surface area contributed by atoms with Crippen molar-refractivity contribution in [2.75, 3.05) is 26.2 Å². The second-order valence-electron chi connectivity index (χ2n) is 5.63. The molecule has 12 heteroatoms. The Kier molecular flexibility index (Phi) is 8.22. The van der Waals surface area contributed by atoms with Gasteiger partial charge in [-0.1, -0.05) is 17.7 Å². The van der Waals surface area contributed by atoms with Gasteiger partial charge in [-0.05, 0) is 18.9 Å². The average molecular weight is 427 g/mol. The van der Waals surface area contributed by atoms with Crippen LogP contribution in [-0.4, -0.2) is 49.7 Å². The zero-order valence-corrected chi connectivity index (χ0v) is 16.1. The molecule has 1 saturated heterocycles. The van der Waals surface area contributed by atoms with Gasteiger partial charge in [0.15, 0.2) is 4.90 Å². The van der Waals surface area contributed by atoms with Crippen molar-refractivity contribution in [3.63, 3.8) is 0 Å². The van der Waals surface area contributed by atoms with Crippen LogP contribution >= 0.6 is 24.0 Å². The molecule has 1 unspecified atom stereocenters. The number of piperidine rings is 1. The topological polar surface area (TPSA) is 136 Å². The van der Waals surface area contributed by atoms with E-state index in [0.29, 0.717) is 19.4 Å². The summed E-state index contributed by atoms with van der Waals surface area (Å²) < 4.78 is 26.9. The zero-order valence-electron chi connectivity index (χ0n) is 13.8. The largest absolute Gasteiger partial charge is 0.355 e. The fourth-order valence-corrected chi connectivity index (χ4v) is 4.93. The summed E-state index contributed by atoms with van der Waals surface area (Å²) in [4.78, 5) is 21.9. The molecule has 1 heterocycles. The lowest BCUT2D eigenvalue weighted by Crippen LogP contribution is -2.46. The molecule has 1 aromatic carbocycles. The Morgan fingerprint density at radius 3 is 2.77 bits per heavy atom. The number of carbonyl (C=O) groups is 1.